The summed E-state index contributed by atoms with van der Waals surface area (Å²) in [6.45, 7) is 9.91. The second-order valence-corrected chi connectivity index (χ2v) is 6.40. The first-order chi connectivity index (χ1) is 7.68. The fraction of sp³-hybridized carbons (Fsp3) is 0.867. The zero-order chi connectivity index (χ0) is 13.3. The van der Waals surface area contributed by atoms with Gasteiger partial charge in [0, 0.05) is 5.92 Å². The molecule has 0 aromatic rings. The van der Waals surface area contributed by atoms with Crippen LogP contribution in [0.4, 0.5) is 0 Å². The monoisotopic (exact) mass is 240 g/mol. The van der Waals surface area contributed by atoms with E-state index < -0.39 is 11.2 Å². The van der Waals surface area contributed by atoms with Crippen molar-refractivity contribution < 1.29 is 10.2 Å². The SMILES string of the molecule is CC(C)=CCCC1CCC(C)(O)C(C)C1(C)O. The number of aliphatic hydroxyl groups is 2. The van der Waals surface area contributed by atoms with Gasteiger partial charge in [-0.3, -0.25) is 0 Å². The van der Waals surface area contributed by atoms with Gasteiger partial charge >= 0.3 is 0 Å². The number of hydrogen-bond acceptors (Lipinski definition) is 2. The minimum absolute atomic E-state index is 0.0690. The van der Waals surface area contributed by atoms with E-state index in [4.69, 9.17) is 0 Å². The first-order valence-electron chi connectivity index (χ1n) is 6.76. The van der Waals surface area contributed by atoms with Crippen molar-refractivity contribution in [3.8, 4) is 0 Å². The van der Waals surface area contributed by atoms with E-state index >= 15 is 0 Å². The van der Waals surface area contributed by atoms with Gasteiger partial charge in [-0.1, -0.05) is 18.6 Å². The van der Waals surface area contributed by atoms with Crippen molar-refractivity contribution in [1.29, 1.82) is 0 Å². The second kappa shape index (κ2) is 5.11. The Labute approximate surface area is 106 Å². The maximum atomic E-state index is 10.6. The Morgan fingerprint density at radius 2 is 1.88 bits per heavy atom. The van der Waals surface area contributed by atoms with Crippen molar-refractivity contribution in [3.05, 3.63) is 11.6 Å². The van der Waals surface area contributed by atoms with E-state index in [0.717, 1.165) is 25.7 Å². The van der Waals surface area contributed by atoms with Gasteiger partial charge < -0.3 is 10.2 Å². The Morgan fingerprint density at radius 1 is 1.29 bits per heavy atom. The molecule has 1 fully saturated rings. The van der Waals surface area contributed by atoms with Crippen molar-refractivity contribution in [2.75, 3.05) is 0 Å². The number of allylic oxidation sites excluding steroid dienone is 2. The van der Waals surface area contributed by atoms with Crippen LogP contribution < -0.4 is 0 Å². The standard InChI is InChI=1S/C15H28O2/c1-11(2)7-6-8-13-9-10-14(4,16)12(3)15(13,5)17/h7,12-13,16-17H,6,8-10H2,1-5H3. The Bertz CT molecular complexity index is 285. The number of hydrogen-bond donors (Lipinski definition) is 2. The molecule has 0 heterocycles. The first kappa shape index (κ1) is 14.7. The first-order valence-corrected chi connectivity index (χ1v) is 6.76. The molecule has 1 rings (SSSR count). The van der Waals surface area contributed by atoms with E-state index in [9.17, 15) is 10.2 Å². The van der Waals surface area contributed by atoms with Gasteiger partial charge in [0.1, 0.15) is 0 Å². The van der Waals surface area contributed by atoms with Gasteiger partial charge in [0.25, 0.3) is 0 Å². The molecule has 1 aliphatic rings. The van der Waals surface area contributed by atoms with Crippen LogP contribution in [0.2, 0.25) is 0 Å². The fourth-order valence-electron chi connectivity index (χ4n) is 2.97. The predicted molar refractivity (Wildman–Crippen MR) is 71.8 cm³/mol. The van der Waals surface area contributed by atoms with Crippen molar-refractivity contribution in [1.82, 2.24) is 0 Å². The molecule has 0 aromatic carbocycles. The normalized spacial score (nSPS) is 42.3. The molecule has 0 aromatic heterocycles. The molecular weight excluding hydrogens is 212 g/mol. The summed E-state index contributed by atoms with van der Waals surface area (Å²) in [5.74, 6) is 0.230. The van der Waals surface area contributed by atoms with Crippen molar-refractivity contribution in [2.45, 2.75) is 71.5 Å². The Hall–Kier alpha value is -0.340. The fourth-order valence-corrected chi connectivity index (χ4v) is 2.97. The highest BCUT2D eigenvalue weighted by molar-refractivity contribution is 5.02. The predicted octanol–water partition coefficient (Wildman–Crippen LogP) is 3.28. The molecule has 0 spiro atoms. The lowest BCUT2D eigenvalue weighted by atomic mass is 9.62. The van der Waals surface area contributed by atoms with E-state index in [-0.39, 0.29) is 5.92 Å². The molecule has 17 heavy (non-hydrogen) atoms. The molecule has 4 atom stereocenters. The molecule has 4 unspecified atom stereocenters. The molecule has 0 amide bonds. The van der Waals surface area contributed by atoms with E-state index in [0.29, 0.717) is 5.92 Å². The summed E-state index contributed by atoms with van der Waals surface area (Å²) in [4.78, 5) is 0. The largest absolute Gasteiger partial charge is 0.390 e. The van der Waals surface area contributed by atoms with E-state index in [1.54, 1.807) is 0 Å². The maximum absolute atomic E-state index is 10.6. The minimum atomic E-state index is -0.753. The molecule has 2 nitrogen and oxygen atoms in total. The highest BCUT2D eigenvalue weighted by atomic mass is 16.3. The zero-order valence-corrected chi connectivity index (χ0v) is 12.0. The third-order valence-electron chi connectivity index (χ3n) is 4.70. The van der Waals surface area contributed by atoms with Crippen LogP contribution in [0.15, 0.2) is 11.6 Å². The van der Waals surface area contributed by atoms with Crippen molar-refractivity contribution in [3.63, 3.8) is 0 Å². The molecule has 100 valence electrons. The summed E-state index contributed by atoms with van der Waals surface area (Å²) in [6.07, 6.45) is 5.98. The molecule has 0 saturated heterocycles. The number of rotatable bonds is 3. The van der Waals surface area contributed by atoms with Crippen LogP contribution in [-0.4, -0.2) is 21.4 Å². The van der Waals surface area contributed by atoms with Gasteiger partial charge in [0.05, 0.1) is 11.2 Å². The Morgan fingerprint density at radius 3 is 2.41 bits per heavy atom. The molecular formula is C15H28O2. The summed E-state index contributed by atoms with van der Waals surface area (Å²) < 4.78 is 0. The molecule has 0 aliphatic heterocycles. The highest BCUT2D eigenvalue weighted by Crippen LogP contribution is 2.45. The third-order valence-corrected chi connectivity index (χ3v) is 4.70. The van der Waals surface area contributed by atoms with Crippen molar-refractivity contribution in [2.24, 2.45) is 11.8 Å². The summed E-state index contributed by atoms with van der Waals surface area (Å²) in [5.41, 5.74) is -0.145. The van der Waals surface area contributed by atoms with Gasteiger partial charge in [-0.05, 0) is 59.3 Å². The van der Waals surface area contributed by atoms with Crippen LogP contribution in [0, 0.1) is 11.8 Å². The average molecular weight is 240 g/mol. The molecule has 0 bridgehead atoms. The van der Waals surface area contributed by atoms with Gasteiger partial charge in [-0.25, -0.2) is 0 Å². The molecule has 2 heteroatoms. The van der Waals surface area contributed by atoms with Gasteiger partial charge in [-0.2, -0.15) is 0 Å². The second-order valence-electron chi connectivity index (χ2n) is 6.40. The van der Waals surface area contributed by atoms with Crippen molar-refractivity contribution >= 4 is 0 Å². The van der Waals surface area contributed by atoms with Gasteiger partial charge in [0.2, 0.25) is 0 Å². The molecule has 1 aliphatic carbocycles. The summed E-state index contributed by atoms with van der Waals surface area (Å²) in [5, 5.41) is 20.9. The van der Waals surface area contributed by atoms with Crippen LogP contribution in [0.25, 0.3) is 0 Å². The Balaban J connectivity index is 2.66. The maximum Gasteiger partial charge on any atom is 0.0700 e. The Kier molecular flexibility index (Phi) is 4.43. The quantitative estimate of drug-likeness (QED) is 0.743. The lowest BCUT2D eigenvalue weighted by Crippen LogP contribution is -2.55. The molecule has 0 radical (unpaired) electrons. The minimum Gasteiger partial charge on any atom is -0.390 e. The smallest absolute Gasteiger partial charge is 0.0700 e. The van der Waals surface area contributed by atoms with Crippen LogP contribution in [-0.2, 0) is 0 Å². The summed E-state index contributed by atoms with van der Waals surface area (Å²) >= 11 is 0. The van der Waals surface area contributed by atoms with E-state index in [1.807, 2.05) is 20.8 Å². The van der Waals surface area contributed by atoms with Crippen LogP contribution in [0.3, 0.4) is 0 Å². The third kappa shape index (κ3) is 3.32. The van der Waals surface area contributed by atoms with Crippen LogP contribution in [0.5, 0.6) is 0 Å². The van der Waals surface area contributed by atoms with E-state index in [1.165, 1.54) is 5.57 Å². The summed E-state index contributed by atoms with van der Waals surface area (Å²) in [6, 6.07) is 0. The zero-order valence-electron chi connectivity index (χ0n) is 12.0. The molecule has 2 N–H and O–H groups in total. The lowest BCUT2D eigenvalue weighted by molar-refractivity contribution is -0.165. The van der Waals surface area contributed by atoms with Crippen LogP contribution in [0.1, 0.15) is 60.3 Å². The van der Waals surface area contributed by atoms with Gasteiger partial charge in [-0.15, -0.1) is 0 Å². The average Bonchev–Trinajstić information content (AvgIpc) is 2.19. The topological polar surface area (TPSA) is 40.5 Å². The molecule has 1 saturated carbocycles. The highest BCUT2D eigenvalue weighted by Gasteiger charge is 2.49. The lowest BCUT2D eigenvalue weighted by Gasteiger charge is -2.49. The van der Waals surface area contributed by atoms with E-state index in [2.05, 4.69) is 19.9 Å². The van der Waals surface area contributed by atoms with Crippen LogP contribution >= 0.6 is 0 Å². The summed E-state index contributed by atoms with van der Waals surface area (Å²) in [7, 11) is 0. The van der Waals surface area contributed by atoms with Gasteiger partial charge in [0.15, 0.2) is 0 Å².